The predicted octanol–water partition coefficient (Wildman–Crippen LogP) is 3.14. The number of hydrogen-bond acceptors (Lipinski definition) is 3. The van der Waals surface area contributed by atoms with Crippen LogP contribution in [0.1, 0.15) is 19.4 Å². The van der Waals surface area contributed by atoms with Gasteiger partial charge < -0.3 is 20.1 Å². The van der Waals surface area contributed by atoms with Crippen LogP contribution in [0.15, 0.2) is 27.7 Å². The van der Waals surface area contributed by atoms with Gasteiger partial charge in [0.2, 0.25) is 0 Å². The SMILES string of the molecule is CCNC(=NCc1cc(Br)ccc1OC(F)F)NC(C)COC. The molecule has 0 spiro atoms. The summed E-state index contributed by atoms with van der Waals surface area (Å²) in [5, 5.41) is 6.28. The highest BCUT2D eigenvalue weighted by molar-refractivity contribution is 9.10. The fraction of sp³-hybridized carbons (Fsp3) is 0.533. The standard InChI is InChI=1S/C15H22BrF2N3O2/c1-4-19-15(21-10(2)9-22-3)20-8-11-7-12(16)5-6-13(11)23-14(17)18/h5-7,10,14H,4,8-9H2,1-3H3,(H2,19,20,21). The number of ether oxygens (including phenoxy) is 2. The molecule has 1 rings (SSSR count). The molecule has 0 amide bonds. The van der Waals surface area contributed by atoms with Gasteiger partial charge in [-0.15, -0.1) is 0 Å². The summed E-state index contributed by atoms with van der Waals surface area (Å²) in [6.07, 6.45) is 0. The average molecular weight is 394 g/mol. The first-order chi connectivity index (χ1) is 11.0. The number of rotatable bonds is 8. The molecule has 130 valence electrons. The van der Waals surface area contributed by atoms with E-state index in [0.717, 1.165) is 4.47 Å². The van der Waals surface area contributed by atoms with Gasteiger partial charge in [0.05, 0.1) is 13.2 Å². The first-order valence-electron chi connectivity index (χ1n) is 7.23. The lowest BCUT2D eigenvalue weighted by molar-refractivity contribution is -0.0504. The summed E-state index contributed by atoms with van der Waals surface area (Å²) in [7, 11) is 1.62. The van der Waals surface area contributed by atoms with Crippen LogP contribution in [-0.2, 0) is 11.3 Å². The fourth-order valence-corrected chi connectivity index (χ4v) is 2.30. The van der Waals surface area contributed by atoms with Crippen LogP contribution in [0.2, 0.25) is 0 Å². The van der Waals surface area contributed by atoms with Crippen molar-refractivity contribution in [2.75, 3.05) is 20.3 Å². The third kappa shape index (κ3) is 7.60. The van der Waals surface area contributed by atoms with Gasteiger partial charge in [0.15, 0.2) is 5.96 Å². The molecular weight excluding hydrogens is 372 g/mol. The Morgan fingerprint density at radius 2 is 2.13 bits per heavy atom. The quantitative estimate of drug-likeness (QED) is 0.526. The molecule has 0 saturated carbocycles. The van der Waals surface area contributed by atoms with Gasteiger partial charge in [-0.05, 0) is 32.0 Å². The van der Waals surface area contributed by atoms with Crippen molar-refractivity contribution >= 4 is 21.9 Å². The number of guanidine groups is 1. The predicted molar refractivity (Wildman–Crippen MR) is 90.1 cm³/mol. The van der Waals surface area contributed by atoms with E-state index in [9.17, 15) is 8.78 Å². The Morgan fingerprint density at radius 1 is 1.39 bits per heavy atom. The molecule has 8 heteroatoms. The number of aliphatic imine (C=N–C) groups is 1. The molecule has 0 fully saturated rings. The van der Waals surface area contributed by atoms with Crippen molar-refractivity contribution in [3.05, 3.63) is 28.2 Å². The Balaban J connectivity index is 2.87. The third-order valence-electron chi connectivity index (χ3n) is 2.79. The van der Waals surface area contributed by atoms with Gasteiger partial charge in [-0.1, -0.05) is 15.9 Å². The minimum absolute atomic E-state index is 0.0668. The maximum absolute atomic E-state index is 12.5. The van der Waals surface area contributed by atoms with E-state index in [1.165, 1.54) is 6.07 Å². The Labute approximate surface area is 143 Å². The molecule has 23 heavy (non-hydrogen) atoms. The molecule has 5 nitrogen and oxygen atoms in total. The lowest BCUT2D eigenvalue weighted by Crippen LogP contribution is -2.43. The number of nitrogens with one attached hydrogen (secondary N) is 2. The molecule has 0 bridgehead atoms. The Morgan fingerprint density at radius 3 is 2.74 bits per heavy atom. The molecule has 0 heterocycles. The van der Waals surface area contributed by atoms with Gasteiger partial charge in [-0.3, -0.25) is 0 Å². The van der Waals surface area contributed by atoms with Crippen molar-refractivity contribution in [2.45, 2.75) is 33.0 Å². The van der Waals surface area contributed by atoms with Crippen LogP contribution in [0.4, 0.5) is 8.78 Å². The maximum Gasteiger partial charge on any atom is 0.387 e. The topological polar surface area (TPSA) is 54.9 Å². The zero-order chi connectivity index (χ0) is 17.2. The van der Waals surface area contributed by atoms with Gasteiger partial charge in [0, 0.05) is 29.7 Å². The zero-order valence-electron chi connectivity index (χ0n) is 13.4. The van der Waals surface area contributed by atoms with Gasteiger partial charge >= 0.3 is 6.61 Å². The van der Waals surface area contributed by atoms with E-state index in [1.54, 1.807) is 19.2 Å². The van der Waals surface area contributed by atoms with Crippen LogP contribution >= 0.6 is 15.9 Å². The highest BCUT2D eigenvalue weighted by Crippen LogP contribution is 2.25. The van der Waals surface area contributed by atoms with E-state index in [1.807, 2.05) is 13.8 Å². The molecule has 2 N–H and O–H groups in total. The summed E-state index contributed by atoms with van der Waals surface area (Å²) in [5.41, 5.74) is 0.566. The van der Waals surface area contributed by atoms with Gasteiger partial charge in [0.25, 0.3) is 0 Å². The second kappa shape index (κ2) is 10.4. The van der Waals surface area contributed by atoms with Crippen LogP contribution in [0, 0.1) is 0 Å². The van der Waals surface area contributed by atoms with Crippen molar-refractivity contribution in [3.63, 3.8) is 0 Å². The van der Waals surface area contributed by atoms with E-state index in [2.05, 4.69) is 36.3 Å². The summed E-state index contributed by atoms with van der Waals surface area (Å²) in [6.45, 7) is 2.46. The van der Waals surface area contributed by atoms with Crippen molar-refractivity contribution in [2.24, 2.45) is 4.99 Å². The van der Waals surface area contributed by atoms with Crippen LogP contribution in [0.3, 0.4) is 0 Å². The average Bonchev–Trinajstić information content (AvgIpc) is 2.47. The van der Waals surface area contributed by atoms with Crippen molar-refractivity contribution < 1.29 is 18.3 Å². The molecule has 0 aliphatic rings. The summed E-state index contributed by atoms with van der Waals surface area (Å²) in [6, 6.07) is 4.92. The molecule has 0 aliphatic heterocycles. The molecule has 0 aromatic heterocycles. The number of benzene rings is 1. The maximum atomic E-state index is 12.5. The van der Waals surface area contributed by atoms with Gasteiger partial charge in [-0.25, -0.2) is 4.99 Å². The zero-order valence-corrected chi connectivity index (χ0v) is 15.0. The molecular formula is C15H22BrF2N3O2. The van der Waals surface area contributed by atoms with Crippen LogP contribution in [0.5, 0.6) is 5.75 Å². The summed E-state index contributed by atoms with van der Waals surface area (Å²) >= 11 is 3.32. The van der Waals surface area contributed by atoms with Crippen LogP contribution in [-0.4, -0.2) is 38.9 Å². The van der Waals surface area contributed by atoms with E-state index in [4.69, 9.17) is 4.74 Å². The van der Waals surface area contributed by atoms with Crippen LogP contribution < -0.4 is 15.4 Å². The number of nitrogens with zero attached hydrogens (tertiary/aromatic N) is 1. The van der Waals surface area contributed by atoms with Gasteiger partial charge in [0.1, 0.15) is 5.75 Å². The smallest absolute Gasteiger partial charge is 0.387 e. The van der Waals surface area contributed by atoms with E-state index in [-0.39, 0.29) is 18.3 Å². The number of hydrogen-bond donors (Lipinski definition) is 2. The van der Waals surface area contributed by atoms with E-state index in [0.29, 0.717) is 24.7 Å². The Hall–Kier alpha value is -1.41. The van der Waals surface area contributed by atoms with Crippen molar-refractivity contribution in [3.8, 4) is 5.75 Å². The summed E-state index contributed by atoms with van der Waals surface area (Å²) < 4.78 is 35.3. The second-order valence-corrected chi connectivity index (χ2v) is 5.74. The Bertz CT molecular complexity index is 515. The first kappa shape index (κ1) is 19.6. The van der Waals surface area contributed by atoms with Crippen LogP contribution in [0.25, 0.3) is 0 Å². The minimum atomic E-state index is -2.87. The second-order valence-electron chi connectivity index (χ2n) is 4.83. The number of alkyl halides is 2. The molecule has 0 saturated heterocycles. The van der Waals surface area contributed by atoms with Crippen molar-refractivity contribution in [1.29, 1.82) is 0 Å². The fourth-order valence-electron chi connectivity index (χ4n) is 1.89. The molecule has 1 unspecified atom stereocenters. The van der Waals surface area contributed by atoms with Gasteiger partial charge in [-0.2, -0.15) is 8.78 Å². The number of methoxy groups -OCH3 is 1. The summed E-state index contributed by atoms with van der Waals surface area (Å²) in [4.78, 5) is 4.41. The molecule has 0 aliphatic carbocycles. The molecule has 1 aromatic carbocycles. The highest BCUT2D eigenvalue weighted by atomic mass is 79.9. The lowest BCUT2D eigenvalue weighted by Gasteiger charge is -2.17. The van der Waals surface area contributed by atoms with E-state index >= 15 is 0 Å². The lowest BCUT2D eigenvalue weighted by atomic mass is 10.2. The molecule has 1 atom stereocenters. The third-order valence-corrected chi connectivity index (χ3v) is 3.28. The van der Waals surface area contributed by atoms with Crippen molar-refractivity contribution in [1.82, 2.24) is 10.6 Å². The molecule has 0 radical (unpaired) electrons. The normalized spacial score (nSPS) is 13.1. The van der Waals surface area contributed by atoms with E-state index < -0.39 is 6.61 Å². The molecule has 1 aromatic rings. The summed E-state index contributed by atoms with van der Waals surface area (Å²) in [5.74, 6) is 0.702. The number of halogens is 3. The Kier molecular flexibility index (Phi) is 8.86. The highest BCUT2D eigenvalue weighted by Gasteiger charge is 2.11. The minimum Gasteiger partial charge on any atom is -0.434 e. The first-order valence-corrected chi connectivity index (χ1v) is 8.02. The monoisotopic (exact) mass is 393 g/mol. The largest absolute Gasteiger partial charge is 0.434 e.